The number of rotatable bonds is 5. The van der Waals surface area contributed by atoms with Crippen molar-refractivity contribution in [2.24, 2.45) is 0 Å². The Kier molecular flexibility index (Phi) is 9.48. The lowest BCUT2D eigenvalue weighted by molar-refractivity contribution is -0.119. The summed E-state index contributed by atoms with van der Waals surface area (Å²) >= 11 is 0. The van der Waals surface area contributed by atoms with E-state index in [1.165, 1.54) is 0 Å². The number of carbonyl (C=O) groups is 4. The number of hydrogen-bond acceptors (Lipinski definition) is 6. The summed E-state index contributed by atoms with van der Waals surface area (Å²) in [6.07, 6.45) is -0.509. The van der Waals surface area contributed by atoms with Crippen LogP contribution in [-0.4, -0.2) is 58.8 Å². The van der Waals surface area contributed by atoms with E-state index < -0.39 is 35.8 Å². The van der Waals surface area contributed by atoms with Gasteiger partial charge < -0.3 is 14.4 Å². The van der Waals surface area contributed by atoms with Crippen LogP contribution in [-0.2, 0) is 27.3 Å². The monoisotopic (exact) mass is 510 g/mol. The minimum absolute atomic E-state index is 0.0125. The summed E-state index contributed by atoms with van der Waals surface area (Å²) in [4.78, 5) is 52.1. The smallest absolute Gasteiger partial charge is 0.426 e. The number of benzene rings is 2. The summed E-state index contributed by atoms with van der Waals surface area (Å²) in [5.41, 5.74) is 3.34. The van der Waals surface area contributed by atoms with Crippen molar-refractivity contribution in [3.8, 4) is 0 Å². The second-order valence-electron chi connectivity index (χ2n) is 9.76. The van der Waals surface area contributed by atoms with Crippen molar-refractivity contribution in [2.45, 2.75) is 58.3 Å². The number of likely N-dealkylation sites (tertiary alicyclic amines) is 1. The first-order valence-corrected chi connectivity index (χ1v) is 12.2. The van der Waals surface area contributed by atoms with Crippen molar-refractivity contribution in [1.82, 2.24) is 20.7 Å². The maximum absolute atomic E-state index is 13.0. The Morgan fingerprint density at radius 1 is 0.919 bits per heavy atom. The molecule has 0 spiro atoms. The van der Waals surface area contributed by atoms with Crippen molar-refractivity contribution in [3.63, 3.8) is 0 Å². The van der Waals surface area contributed by atoms with Crippen molar-refractivity contribution in [2.75, 3.05) is 13.1 Å². The zero-order valence-electron chi connectivity index (χ0n) is 21.4. The van der Waals surface area contributed by atoms with Gasteiger partial charge in [0, 0.05) is 13.1 Å². The molecule has 1 fully saturated rings. The lowest BCUT2D eigenvalue weighted by Gasteiger charge is -2.37. The Bertz CT molecular complexity index is 1060. The molecule has 0 aliphatic carbocycles. The maximum Gasteiger partial charge on any atom is 0.426 e. The van der Waals surface area contributed by atoms with E-state index in [0.717, 1.165) is 16.1 Å². The van der Waals surface area contributed by atoms with Crippen LogP contribution in [0.15, 0.2) is 60.7 Å². The van der Waals surface area contributed by atoms with E-state index in [-0.39, 0.29) is 13.0 Å². The van der Waals surface area contributed by atoms with Gasteiger partial charge in [0.1, 0.15) is 12.2 Å². The predicted octanol–water partition coefficient (Wildman–Crippen LogP) is 4.01. The lowest BCUT2D eigenvalue weighted by atomic mass is 10.1. The predicted molar refractivity (Wildman–Crippen MR) is 136 cm³/mol. The Labute approximate surface area is 216 Å². The summed E-state index contributed by atoms with van der Waals surface area (Å²) in [5.74, 6) is -0.505. The zero-order valence-corrected chi connectivity index (χ0v) is 21.4. The molecule has 0 saturated carbocycles. The lowest BCUT2D eigenvalue weighted by Crippen LogP contribution is -2.59. The molecule has 2 aromatic carbocycles. The summed E-state index contributed by atoms with van der Waals surface area (Å²) in [6.45, 7) is 5.92. The van der Waals surface area contributed by atoms with Gasteiger partial charge in [0.05, 0.1) is 12.5 Å². The van der Waals surface area contributed by atoms with Crippen LogP contribution >= 0.6 is 0 Å². The fourth-order valence-electron chi connectivity index (χ4n) is 3.83. The molecule has 1 aliphatic rings. The van der Waals surface area contributed by atoms with Gasteiger partial charge in [-0.15, -0.1) is 0 Å². The van der Waals surface area contributed by atoms with Gasteiger partial charge in [-0.2, -0.15) is 0 Å². The minimum atomic E-state index is -0.817. The van der Waals surface area contributed by atoms with Crippen molar-refractivity contribution in [1.29, 1.82) is 0 Å². The highest BCUT2D eigenvalue weighted by atomic mass is 16.6. The number of ether oxygens (including phenoxy) is 2. The van der Waals surface area contributed by atoms with E-state index in [2.05, 4.69) is 10.7 Å². The number of piperidine rings is 1. The fourth-order valence-corrected chi connectivity index (χ4v) is 3.83. The molecule has 10 nitrogen and oxygen atoms in total. The standard InChI is InChI=1S/C27H34N4O6/c1-27(2,3)37-25(34)29-31(24(33)28-23(32)18-20-10-6-4-7-11-20)22-14-16-30(17-15-22)26(35)36-19-21-12-8-5-9-13-21/h4-13,22H,14-19H2,1-3H3,(H,29,34)(H,28,32,33). The Hall–Kier alpha value is -4.08. The van der Waals surface area contributed by atoms with Gasteiger partial charge in [-0.05, 0) is 44.7 Å². The summed E-state index contributed by atoms with van der Waals surface area (Å²) in [6, 6.07) is 17.2. The highest BCUT2D eigenvalue weighted by Gasteiger charge is 2.33. The third kappa shape index (κ3) is 9.14. The molecule has 1 heterocycles. The molecule has 0 atom stereocenters. The Morgan fingerprint density at radius 2 is 1.49 bits per heavy atom. The van der Waals surface area contributed by atoms with Gasteiger partial charge in [-0.3, -0.25) is 10.1 Å². The molecular weight excluding hydrogens is 476 g/mol. The highest BCUT2D eigenvalue weighted by molar-refractivity contribution is 5.95. The average molecular weight is 511 g/mol. The van der Waals surface area contributed by atoms with Crippen molar-refractivity contribution in [3.05, 3.63) is 71.8 Å². The second kappa shape index (κ2) is 12.8. The topological polar surface area (TPSA) is 117 Å². The molecule has 10 heteroatoms. The molecule has 3 rings (SSSR count). The maximum atomic E-state index is 13.0. The van der Waals surface area contributed by atoms with Gasteiger partial charge >= 0.3 is 18.2 Å². The van der Waals surface area contributed by atoms with Gasteiger partial charge in [-0.25, -0.2) is 24.8 Å². The largest absolute Gasteiger partial charge is 0.445 e. The number of nitrogens with one attached hydrogen (secondary N) is 2. The molecule has 0 aromatic heterocycles. The van der Waals surface area contributed by atoms with E-state index in [1.54, 1.807) is 49.9 Å². The van der Waals surface area contributed by atoms with E-state index in [4.69, 9.17) is 9.47 Å². The van der Waals surface area contributed by atoms with Gasteiger partial charge in [0.15, 0.2) is 0 Å². The molecule has 2 aromatic rings. The Balaban J connectivity index is 1.59. The molecule has 198 valence electrons. The zero-order chi connectivity index (χ0) is 26.8. The van der Waals surface area contributed by atoms with Crippen LogP contribution in [0.25, 0.3) is 0 Å². The van der Waals surface area contributed by atoms with Crippen LogP contribution < -0.4 is 10.7 Å². The minimum Gasteiger partial charge on any atom is -0.445 e. The van der Waals surface area contributed by atoms with Crippen LogP contribution in [0.2, 0.25) is 0 Å². The third-order valence-corrected chi connectivity index (χ3v) is 5.58. The van der Waals surface area contributed by atoms with Crippen LogP contribution in [0.5, 0.6) is 0 Å². The van der Waals surface area contributed by atoms with Gasteiger partial charge in [-0.1, -0.05) is 60.7 Å². The molecule has 0 bridgehead atoms. The van der Waals surface area contributed by atoms with Crippen LogP contribution in [0, 0.1) is 0 Å². The summed E-state index contributed by atoms with van der Waals surface area (Å²) in [7, 11) is 0. The van der Waals surface area contributed by atoms with Crippen LogP contribution in [0.4, 0.5) is 14.4 Å². The molecule has 0 unspecified atom stereocenters. The number of hydrazine groups is 1. The number of imide groups is 1. The average Bonchev–Trinajstić information content (AvgIpc) is 2.86. The molecule has 37 heavy (non-hydrogen) atoms. The molecular formula is C27H34N4O6. The van der Waals surface area contributed by atoms with Crippen LogP contribution in [0.1, 0.15) is 44.7 Å². The number of hydrogen-bond donors (Lipinski definition) is 2. The van der Waals surface area contributed by atoms with Crippen molar-refractivity contribution >= 4 is 24.1 Å². The highest BCUT2D eigenvalue weighted by Crippen LogP contribution is 2.18. The summed E-state index contributed by atoms with van der Waals surface area (Å²) < 4.78 is 10.7. The summed E-state index contributed by atoms with van der Waals surface area (Å²) in [5, 5.41) is 3.43. The van der Waals surface area contributed by atoms with E-state index in [9.17, 15) is 19.2 Å². The van der Waals surface area contributed by atoms with E-state index >= 15 is 0 Å². The fraction of sp³-hybridized carbons (Fsp3) is 0.407. The number of carbonyl (C=O) groups excluding carboxylic acids is 4. The van der Waals surface area contributed by atoms with Gasteiger partial charge in [0.25, 0.3) is 0 Å². The number of nitrogens with zero attached hydrogens (tertiary/aromatic N) is 2. The quantitative estimate of drug-likeness (QED) is 0.587. The SMILES string of the molecule is CC(C)(C)OC(=O)NN(C(=O)NC(=O)Cc1ccccc1)C1CCN(C(=O)OCc2ccccc2)CC1. The third-order valence-electron chi connectivity index (χ3n) is 5.58. The number of amides is 5. The molecule has 1 saturated heterocycles. The number of urea groups is 1. The van der Waals surface area contributed by atoms with E-state index in [1.807, 2.05) is 36.4 Å². The van der Waals surface area contributed by atoms with E-state index in [0.29, 0.717) is 25.9 Å². The first-order valence-electron chi connectivity index (χ1n) is 12.2. The molecule has 1 aliphatic heterocycles. The second-order valence-corrected chi connectivity index (χ2v) is 9.76. The van der Waals surface area contributed by atoms with Crippen LogP contribution in [0.3, 0.4) is 0 Å². The Morgan fingerprint density at radius 3 is 2.05 bits per heavy atom. The molecule has 5 amide bonds. The normalized spacial score (nSPS) is 13.9. The molecule has 0 radical (unpaired) electrons. The van der Waals surface area contributed by atoms with Crippen molar-refractivity contribution < 1.29 is 28.7 Å². The van der Waals surface area contributed by atoms with Gasteiger partial charge in [0.2, 0.25) is 5.91 Å². The first kappa shape index (κ1) is 27.5. The first-order chi connectivity index (χ1) is 17.6. The molecule has 2 N–H and O–H groups in total.